The van der Waals surface area contributed by atoms with Gasteiger partial charge in [0.25, 0.3) is 0 Å². The maximum absolute atomic E-state index is 4.16. The molecule has 0 amide bonds. The minimum Gasteiger partial charge on any atom is -0.355 e. The largest absolute Gasteiger partial charge is 0.355 e. The molecular weight excluding hydrogens is 242 g/mol. The molecule has 0 unspecified atom stereocenters. The molecule has 98 valence electrons. The van der Waals surface area contributed by atoms with Gasteiger partial charge in [-0.05, 0) is 41.0 Å². The lowest BCUT2D eigenvalue weighted by Gasteiger charge is -2.12. The second-order valence-electron chi connectivity index (χ2n) is 4.98. The fourth-order valence-corrected chi connectivity index (χ4v) is 2.32. The lowest BCUT2D eigenvalue weighted by atomic mass is 10.1. The zero-order valence-corrected chi connectivity index (χ0v) is 11.6. The summed E-state index contributed by atoms with van der Waals surface area (Å²) in [4.78, 5) is 0. The van der Waals surface area contributed by atoms with E-state index < -0.39 is 0 Å². The van der Waals surface area contributed by atoms with Crippen molar-refractivity contribution < 1.29 is 0 Å². The van der Waals surface area contributed by atoms with E-state index in [2.05, 4.69) is 73.4 Å². The van der Waals surface area contributed by atoms with Crippen LogP contribution in [0.5, 0.6) is 0 Å². The third-order valence-electron chi connectivity index (χ3n) is 3.53. The van der Waals surface area contributed by atoms with Gasteiger partial charge in [0.05, 0.1) is 0 Å². The molecule has 0 aromatic heterocycles. The van der Waals surface area contributed by atoms with Crippen LogP contribution in [0.2, 0.25) is 0 Å². The highest BCUT2D eigenvalue weighted by molar-refractivity contribution is 5.87. The number of fused-ring (bicyclic) bond motifs is 1. The van der Waals surface area contributed by atoms with Crippen molar-refractivity contribution in [1.82, 2.24) is 0 Å². The van der Waals surface area contributed by atoms with E-state index in [1.54, 1.807) is 0 Å². The minimum atomic E-state index is 0.921. The van der Waals surface area contributed by atoms with Gasteiger partial charge >= 0.3 is 0 Å². The molecule has 0 bridgehead atoms. The van der Waals surface area contributed by atoms with Crippen molar-refractivity contribution in [3.8, 4) is 0 Å². The normalized spacial score (nSPS) is 10.4. The molecular formula is C19H17N. The molecule has 0 aliphatic rings. The highest BCUT2D eigenvalue weighted by atomic mass is 14.9. The Kier molecular flexibility index (Phi) is 3.26. The summed E-state index contributed by atoms with van der Waals surface area (Å²) in [5.41, 5.74) is 4.36. The number of para-hydroxylation sites is 1. The first-order valence-electron chi connectivity index (χ1n) is 6.75. The number of aryl methyl sites for hydroxylation is 1. The highest BCUT2D eigenvalue weighted by Crippen LogP contribution is 2.23. The van der Waals surface area contributed by atoms with Gasteiger partial charge in [0.15, 0.2) is 0 Å². The van der Waals surface area contributed by atoms with E-state index in [0.717, 1.165) is 16.9 Å². The number of benzene rings is 3. The third-order valence-corrected chi connectivity index (χ3v) is 3.53. The van der Waals surface area contributed by atoms with Crippen LogP contribution in [0.25, 0.3) is 16.5 Å². The van der Waals surface area contributed by atoms with E-state index in [4.69, 9.17) is 0 Å². The van der Waals surface area contributed by atoms with Gasteiger partial charge in [0, 0.05) is 11.4 Å². The molecule has 3 aromatic rings. The van der Waals surface area contributed by atoms with Crippen LogP contribution in [0.4, 0.5) is 5.69 Å². The predicted octanol–water partition coefficient (Wildman–Crippen LogP) is 5.23. The first-order chi connectivity index (χ1) is 9.74. The van der Waals surface area contributed by atoms with Gasteiger partial charge in [0.1, 0.15) is 0 Å². The van der Waals surface area contributed by atoms with Crippen molar-refractivity contribution in [3.05, 3.63) is 84.4 Å². The van der Waals surface area contributed by atoms with Gasteiger partial charge in [-0.2, -0.15) is 0 Å². The summed E-state index contributed by atoms with van der Waals surface area (Å²) in [7, 11) is 0. The number of hydrogen-bond acceptors (Lipinski definition) is 1. The van der Waals surface area contributed by atoms with Crippen LogP contribution in [0, 0.1) is 6.92 Å². The molecule has 0 radical (unpaired) electrons. The minimum absolute atomic E-state index is 0.921. The summed E-state index contributed by atoms with van der Waals surface area (Å²) in [6, 6.07) is 23.0. The van der Waals surface area contributed by atoms with Crippen molar-refractivity contribution in [1.29, 1.82) is 0 Å². The summed E-state index contributed by atoms with van der Waals surface area (Å²) >= 11 is 0. The summed E-state index contributed by atoms with van der Waals surface area (Å²) in [6.07, 6.45) is 0. The van der Waals surface area contributed by atoms with Crippen LogP contribution in [-0.2, 0) is 0 Å². The molecule has 20 heavy (non-hydrogen) atoms. The van der Waals surface area contributed by atoms with Crippen molar-refractivity contribution in [2.75, 3.05) is 5.32 Å². The summed E-state index contributed by atoms with van der Waals surface area (Å²) in [5, 5.41) is 5.88. The van der Waals surface area contributed by atoms with E-state index in [9.17, 15) is 0 Å². The molecule has 0 atom stereocenters. The molecule has 1 N–H and O–H groups in total. The fourth-order valence-electron chi connectivity index (χ4n) is 2.32. The maximum Gasteiger partial charge on any atom is 0.0413 e. The van der Waals surface area contributed by atoms with E-state index in [1.165, 1.54) is 16.3 Å². The van der Waals surface area contributed by atoms with E-state index in [0.29, 0.717) is 0 Å². The Hall–Kier alpha value is -2.54. The summed E-state index contributed by atoms with van der Waals surface area (Å²) in [5.74, 6) is 0. The smallest absolute Gasteiger partial charge is 0.0413 e. The van der Waals surface area contributed by atoms with E-state index >= 15 is 0 Å². The SMILES string of the molecule is C=C(Nc1ccccc1C)c1ccc2ccccc2c1. The molecule has 3 rings (SSSR count). The van der Waals surface area contributed by atoms with Crippen molar-refractivity contribution in [3.63, 3.8) is 0 Å². The van der Waals surface area contributed by atoms with Gasteiger partial charge in [-0.25, -0.2) is 0 Å². The summed E-state index contributed by atoms with van der Waals surface area (Å²) in [6.45, 7) is 6.25. The van der Waals surface area contributed by atoms with Crippen molar-refractivity contribution in [2.45, 2.75) is 6.92 Å². The van der Waals surface area contributed by atoms with Crippen LogP contribution < -0.4 is 5.32 Å². The van der Waals surface area contributed by atoms with Gasteiger partial charge in [0.2, 0.25) is 0 Å². The first-order valence-corrected chi connectivity index (χ1v) is 6.75. The monoisotopic (exact) mass is 259 g/mol. The molecule has 0 saturated heterocycles. The van der Waals surface area contributed by atoms with Crippen LogP contribution in [-0.4, -0.2) is 0 Å². The number of nitrogens with one attached hydrogen (secondary N) is 1. The van der Waals surface area contributed by atoms with Gasteiger partial charge in [-0.3, -0.25) is 0 Å². The molecule has 0 aliphatic heterocycles. The zero-order valence-electron chi connectivity index (χ0n) is 11.6. The lowest BCUT2D eigenvalue weighted by molar-refractivity contribution is 1.44. The van der Waals surface area contributed by atoms with Crippen LogP contribution in [0.15, 0.2) is 73.3 Å². The fraction of sp³-hybridized carbons (Fsp3) is 0.0526. The number of anilines is 1. The Labute approximate surface area is 119 Å². The van der Waals surface area contributed by atoms with Crippen LogP contribution >= 0.6 is 0 Å². The lowest BCUT2D eigenvalue weighted by Crippen LogP contribution is -1.98. The Bertz CT molecular complexity index is 771. The second-order valence-corrected chi connectivity index (χ2v) is 4.98. The van der Waals surface area contributed by atoms with Gasteiger partial charge in [-0.1, -0.05) is 61.2 Å². The van der Waals surface area contributed by atoms with Crippen LogP contribution in [0.3, 0.4) is 0 Å². The topological polar surface area (TPSA) is 12.0 Å². The number of hydrogen-bond donors (Lipinski definition) is 1. The molecule has 1 nitrogen and oxygen atoms in total. The average Bonchev–Trinajstić information content (AvgIpc) is 2.49. The average molecular weight is 259 g/mol. The van der Waals surface area contributed by atoms with Crippen molar-refractivity contribution >= 4 is 22.2 Å². The van der Waals surface area contributed by atoms with Gasteiger partial charge < -0.3 is 5.32 Å². The zero-order chi connectivity index (χ0) is 13.9. The van der Waals surface area contributed by atoms with E-state index in [-0.39, 0.29) is 0 Å². The molecule has 1 heteroatoms. The number of rotatable bonds is 3. The standard InChI is InChI=1S/C19H17N/c1-14-7-3-6-10-19(14)20-15(2)17-12-11-16-8-4-5-9-18(16)13-17/h3-13,20H,2H2,1H3. The first kappa shape index (κ1) is 12.5. The Morgan fingerprint density at radius 1 is 0.850 bits per heavy atom. The predicted molar refractivity (Wildman–Crippen MR) is 87.8 cm³/mol. The Morgan fingerprint density at radius 3 is 2.35 bits per heavy atom. The molecule has 0 spiro atoms. The van der Waals surface area contributed by atoms with Crippen LogP contribution in [0.1, 0.15) is 11.1 Å². The second kappa shape index (κ2) is 5.22. The quantitative estimate of drug-likeness (QED) is 0.679. The molecule has 0 saturated carbocycles. The molecule has 0 fully saturated rings. The molecule has 3 aromatic carbocycles. The highest BCUT2D eigenvalue weighted by Gasteiger charge is 2.02. The summed E-state index contributed by atoms with van der Waals surface area (Å²) < 4.78 is 0. The molecule has 0 heterocycles. The third kappa shape index (κ3) is 2.43. The molecule has 0 aliphatic carbocycles. The Balaban J connectivity index is 1.91. The van der Waals surface area contributed by atoms with E-state index in [1.807, 2.05) is 12.1 Å². The van der Waals surface area contributed by atoms with Gasteiger partial charge in [-0.15, -0.1) is 0 Å². The van der Waals surface area contributed by atoms with Crippen molar-refractivity contribution in [2.24, 2.45) is 0 Å². The Morgan fingerprint density at radius 2 is 1.55 bits per heavy atom. The maximum atomic E-state index is 4.16.